The number of H-pyrrole nitrogens is 1. The van der Waals surface area contributed by atoms with Gasteiger partial charge in [0, 0.05) is 13.0 Å². The maximum atomic E-state index is 12.0. The van der Waals surface area contributed by atoms with Crippen molar-refractivity contribution in [1.82, 2.24) is 15.3 Å². The fraction of sp³-hybridized carbons (Fsp3) is 0.211. The van der Waals surface area contributed by atoms with Crippen LogP contribution in [0, 0.1) is 6.92 Å². The molecule has 0 unspecified atom stereocenters. The van der Waals surface area contributed by atoms with E-state index in [1.807, 2.05) is 49.4 Å². The molecule has 122 valence electrons. The summed E-state index contributed by atoms with van der Waals surface area (Å²) >= 11 is 0. The van der Waals surface area contributed by atoms with Crippen LogP contribution in [0.2, 0.25) is 0 Å². The Balaban J connectivity index is 1.57. The van der Waals surface area contributed by atoms with E-state index >= 15 is 0 Å². The molecule has 0 spiro atoms. The molecule has 0 fully saturated rings. The SMILES string of the molecule is Cc1ccc(CC(=O)NCCc2nc3ccccc3c(=O)[nH]2)cc1. The van der Waals surface area contributed by atoms with Gasteiger partial charge < -0.3 is 10.3 Å². The zero-order valence-electron chi connectivity index (χ0n) is 13.5. The molecule has 0 radical (unpaired) electrons. The predicted octanol–water partition coefficient (Wildman–Crippen LogP) is 2.13. The molecule has 2 N–H and O–H groups in total. The van der Waals surface area contributed by atoms with Crippen molar-refractivity contribution in [2.45, 2.75) is 19.8 Å². The summed E-state index contributed by atoms with van der Waals surface area (Å²) in [6.45, 7) is 2.45. The van der Waals surface area contributed by atoms with Crippen LogP contribution < -0.4 is 10.9 Å². The number of carbonyl (C=O) groups is 1. The Morgan fingerprint density at radius 2 is 1.88 bits per heavy atom. The molecular formula is C19H19N3O2. The topological polar surface area (TPSA) is 74.8 Å². The lowest BCUT2D eigenvalue weighted by molar-refractivity contribution is -0.120. The second kappa shape index (κ2) is 7.08. The van der Waals surface area contributed by atoms with E-state index in [1.165, 1.54) is 5.56 Å². The van der Waals surface area contributed by atoms with Crippen LogP contribution in [-0.4, -0.2) is 22.4 Å². The van der Waals surface area contributed by atoms with Gasteiger partial charge in [-0.05, 0) is 24.6 Å². The van der Waals surface area contributed by atoms with Crippen LogP contribution in [0.1, 0.15) is 17.0 Å². The Labute approximate surface area is 139 Å². The van der Waals surface area contributed by atoms with E-state index in [9.17, 15) is 9.59 Å². The summed E-state index contributed by atoms with van der Waals surface area (Å²) in [5, 5.41) is 3.43. The van der Waals surface area contributed by atoms with Crippen LogP contribution in [0.4, 0.5) is 0 Å². The number of benzene rings is 2. The summed E-state index contributed by atoms with van der Waals surface area (Å²) in [4.78, 5) is 31.1. The molecule has 0 bridgehead atoms. The standard InChI is InChI=1S/C19H19N3O2/c1-13-6-8-14(9-7-13)12-18(23)20-11-10-17-21-16-5-3-2-4-15(16)19(24)22-17/h2-9H,10-12H2,1H3,(H,20,23)(H,21,22,24). The average Bonchev–Trinajstić information content (AvgIpc) is 2.57. The van der Waals surface area contributed by atoms with E-state index in [0.29, 0.717) is 36.1 Å². The highest BCUT2D eigenvalue weighted by molar-refractivity contribution is 5.78. The minimum atomic E-state index is -0.151. The Hall–Kier alpha value is -2.95. The third kappa shape index (κ3) is 3.87. The second-order valence-corrected chi connectivity index (χ2v) is 5.79. The first-order chi connectivity index (χ1) is 11.6. The molecule has 3 aromatic rings. The highest BCUT2D eigenvalue weighted by Crippen LogP contribution is 2.06. The predicted molar refractivity (Wildman–Crippen MR) is 94.0 cm³/mol. The largest absolute Gasteiger partial charge is 0.355 e. The molecular weight excluding hydrogens is 302 g/mol. The summed E-state index contributed by atoms with van der Waals surface area (Å²) in [6, 6.07) is 15.1. The second-order valence-electron chi connectivity index (χ2n) is 5.79. The van der Waals surface area contributed by atoms with Gasteiger partial charge in [-0.3, -0.25) is 9.59 Å². The summed E-state index contributed by atoms with van der Waals surface area (Å²) in [6.07, 6.45) is 0.835. The van der Waals surface area contributed by atoms with Crippen LogP contribution in [0.25, 0.3) is 10.9 Å². The molecule has 5 nitrogen and oxygen atoms in total. The number of hydrogen-bond acceptors (Lipinski definition) is 3. The normalized spacial score (nSPS) is 10.7. The first-order valence-electron chi connectivity index (χ1n) is 7.92. The number of carbonyl (C=O) groups excluding carboxylic acids is 1. The molecule has 1 amide bonds. The highest BCUT2D eigenvalue weighted by Gasteiger charge is 2.05. The zero-order valence-corrected chi connectivity index (χ0v) is 13.5. The summed E-state index contributed by atoms with van der Waals surface area (Å²) in [5.41, 5.74) is 2.67. The number of aromatic amines is 1. The van der Waals surface area contributed by atoms with Gasteiger partial charge in [0.2, 0.25) is 5.91 Å². The number of hydrogen-bond donors (Lipinski definition) is 2. The first-order valence-corrected chi connectivity index (χ1v) is 7.92. The van der Waals surface area contributed by atoms with E-state index in [4.69, 9.17) is 0 Å². The van der Waals surface area contributed by atoms with Gasteiger partial charge in [0.05, 0.1) is 17.3 Å². The van der Waals surface area contributed by atoms with Crippen LogP contribution >= 0.6 is 0 Å². The van der Waals surface area contributed by atoms with Crippen molar-refractivity contribution in [2.24, 2.45) is 0 Å². The molecule has 2 aromatic carbocycles. The number of para-hydroxylation sites is 1. The number of aryl methyl sites for hydroxylation is 1. The van der Waals surface area contributed by atoms with Crippen molar-refractivity contribution in [1.29, 1.82) is 0 Å². The quantitative estimate of drug-likeness (QED) is 0.756. The number of fused-ring (bicyclic) bond motifs is 1. The Morgan fingerprint density at radius 1 is 1.12 bits per heavy atom. The van der Waals surface area contributed by atoms with Gasteiger partial charge in [-0.15, -0.1) is 0 Å². The van der Waals surface area contributed by atoms with E-state index in [2.05, 4.69) is 15.3 Å². The zero-order chi connectivity index (χ0) is 16.9. The van der Waals surface area contributed by atoms with Gasteiger partial charge in [0.15, 0.2) is 0 Å². The maximum Gasteiger partial charge on any atom is 0.258 e. The minimum absolute atomic E-state index is 0.0398. The van der Waals surface area contributed by atoms with Gasteiger partial charge in [0.25, 0.3) is 5.56 Å². The number of nitrogens with zero attached hydrogens (tertiary/aromatic N) is 1. The molecule has 1 aromatic heterocycles. The van der Waals surface area contributed by atoms with Gasteiger partial charge in [-0.2, -0.15) is 0 Å². The molecule has 1 heterocycles. The fourth-order valence-electron chi connectivity index (χ4n) is 2.53. The van der Waals surface area contributed by atoms with Gasteiger partial charge in [-0.1, -0.05) is 42.0 Å². The first kappa shape index (κ1) is 15.9. The Morgan fingerprint density at radius 3 is 2.67 bits per heavy atom. The van der Waals surface area contributed by atoms with Crippen molar-refractivity contribution in [3.63, 3.8) is 0 Å². The van der Waals surface area contributed by atoms with E-state index in [0.717, 1.165) is 5.56 Å². The van der Waals surface area contributed by atoms with Crippen LogP contribution in [0.3, 0.4) is 0 Å². The van der Waals surface area contributed by atoms with E-state index in [-0.39, 0.29) is 11.5 Å². The van der Waals surface area contributed by atoms with Gasteiger partial charge in [-0.25, -0.2) is 4.98 Å². The van der Waals surface area contributed by atoms with Crippen LogP contribution in [0.5, 0.6) is 0 Å². The molecule has 24 heavy (non-hydrogen) atoms. The number of aromatic nitrogens is 2. The molecule has 0 saturated carbocycles. The fourth-order valence-corrected chi connectivity index (χ4v) is 2.53. The minimum Gasteiger partial charge on any atom is -0.355 e. The Kier molecular flexibility index (Phi) is 4.70. The summed E-state index contributed by atoms with van der Waals surface area (Å²) in [5.74, 6) is 0.538. The molecule has 5 heteroatoms. The number of amides is 1. The van der Waals surface area contributed by atoms with Crippen LogP contribution in [-0.2, 0) is 17.6 Å². The third-order valence-corrected chi connectivity index (χ3v) is 3.83. The summed E-state index contributed by atoms with van der Waals surface area (Å²) in [7, 11) is 0. The lowest BCUT2D eigenvalue weighted by atomic mass is 10.1. The molecule has 0 aliphatic carbocycles. The van der Waals surface area contributed by atoms with Crippen molar-refractivity contribution >= 4 is 16.8 Å². The van der Waals surface area contributed by atoms with Crippen molar-refractivity contribution < 1.29 is 4.79 Å². The molecule has 0 saturated heterocycles. The van der Waals surface area contributed by atoms with Crippen molar-refractivity contribution in [3.8, 4) is 0 Å². The third-order valence-electron chi connectivity index (χ3n) is 3.83. The smallest absolute Gasteiger partial charge is 0.258 e. The van der Waals surface area contributed by atoms with E-state index < -0.39 is 0 Å². The van der Waals surface area contributed by atoms with Crippen LogP contribution in [0.15, 0.2) is 53.3 Å². The molecule has 3 rings (SSSR count). The number of rotatable bonds is 5. The van der Waals surface area contributed by atoms with Gasteiger partial charge >= 0.3 is 0 Å². The van der Waals surface area contributed by atoms with Crippen molar-refractivity contribution in [2.75, 3.05) is 6.54 Å². The molecule has 0 aliphatic rings. The maximum absolute atomic E-state index is 12.0. The molecule has 0 atom stereocenters. The highest BCUT2D eigenvalue weighted by atomic mass is 16.1. The number of nitrogens with one attached hydrogen (secondary N) is 2. The Bertz CT molecular complexity index is 914. The summed E-state index contributed by atoms with van der Waals surface area (Å²) < 4.78 is 0. The molecule has 0 aliphatic heterocycles. The monoisotopic (exact) mass is 321 g/mol. The van der Waals surface area contributed by atoms with E-state index in [1.54, 1.807) is 6.07 Å². The van der Waals surface area contributed by atoms with Crippen molar-refractivity contribution in [3.05, 3.63) is 75.8 Å². The average molecular weight is 321 g/mol. The lowest BCUT2D eigenvalue weighted by Gasteiger charge is -2.06. The lowest BCUT2D eigenvalue weighted by Crippen LogP contribution is -2.28. The van der Waals surface area contributed by atoms with Gasteiger partial charge in [0.1, 0.15) is 5.82 Å².